The summed E-state index contributed by atoms with van der Waals surface area (Å²) in [4.78, 5) is 55.5. The minimum Gasteiger partial charge on any atom is -0.483 e. The summed E-state index contributed by atoms with van der Waals surface area (Å²) in [6, 6.07) is 9.36. The van der Waals surface area contributed by atoms with Crippen LogP contribution in [0.5, 0.6) is 0 Å². The van der Waals surface area contributed by atoms with Crippen molar-refractivity contribution in [2.45, 2.75) is 51.5 Å². The van der Waals surface area contributed by atoms with E-state index in [4.69, 9.17) is 20.7 Å². The molecule has 10 heteroatoms. The number of carbonyl (C=O) groups is 5. The second-order valence-corrected chi connectivity index (χ2v) is 8.32. The van der Waals surface area contributed by atoms with Crippen molar-refractivity contribution in [3.05, 3.63) is 46.7 Å². The molecular formula is C24H30N2O7S. The summed E-state index contributed by atoms with van der Waals surface area (Å²) in [6.07, 6.45) is 0.746. The monoisotopic (exact) mass is 490 g/mol. The van der Waals surface area contributed by atoms with Crippen molar-refractivity contribution < 1.29 is 34.2 Å². The van der Waals surface area contributed by atoms with Gasteiger partial charge in [0.05, 0.1) is 6.04 Å². The van der Waals surface area contributed by atoms with Crippen LogP contribution < -0.4 is 11.1 Å². The Morgan fingerprint density at radius 2 is 1.74 bits per heavy atom. The number of ketones is 1. The second-order valence-electron chi connectivity index (χ2n) is 7.54. The normalized spacial score (nSPS) is 11.9. The zero-order chi connectivity index (χ0) is 25.5. The summed E-state index contributed by atoms with van der Waals surface area (Å²) in [7, 11) is 0. The first-order valence-corrected chi connectivity index (χ1v) is 11.7. The fourth-order valence-corrected chi connectivity index (χ4v) is 3.92. The third-order valence-corrected chi connectivity index (χ3v) is 5.82. The number of carboxylic acids is 1. The van der Waals surface area contributed by atoms with E-state index in [0.717, 1.165) is 16.7 Å². The van der Waals surface area contributed by atoms with E-state index in [2.05, 4.69) is 16.8 Å². The highest BCUT2D eigenvalue weighted by molar-refractivity contribution is 7.08. The lowest BCUT2D eigenvalue weighted by molar-refractivity contribution is -0.138. The minimum atomic E-state index is -1.05. The Labute approximate surface area is 202 Å². The Kier molecular flexibility index (Phi) is 12.9. The Morgan fingerprint density at radius 1 is 1.09 bits per heavy atom. The Bertz CT molecular complexity index is 943. The van der Waals surface area contributed by atoms with Crippen LogP contribution in [0.2, 0.25) is 0 Å². The van der Waals surface area contributed by atoms with Gasteiger partial charge in [0.15, 0.2) is 5.78 Å². The molecule has 0 aliphatic heterocycles. The van der Waals surface area contributed by atoms with Crippen molar-refractivity contribution in [1.82, 2.24) is 5.32 Å². The summed E-state index contributed by atoms with van der Waals surface area (Å²) in [6.45, 7) is 1.52. The number of rotatable bonds is 13. The zero-order valence-corrected chi connectivity index (χ0v) is 19.8. The van der Waals surface area contributed by atoms with Crippen LogP contribution in [0.15, 0.2) is 41.1 Å². The van der Waals surface area contributed by atoms with Gasteiger partial charge in [-0.1, -0.05) is 31.2 Å². The molecular weight excluding hydrogens is 460 g/mol. The standard InChI is InChI=1S/C23H28N2O5S.CH2O2/c1-2-19(20(26)13-17(23(24)30)8-10-22(28)29)25-21(27)9-5-15-3-6-16(7-4-15)18-11-12-31-14-18;2-1-3/h3-4,6-7,11-12,14,17,19H,2,5,8-10,13H2,1H3,(H2,24,30)(H,25,27)(H,28,29);1H,(H,2,3)/t17-,19+;/m1./s1. The number of carbonyl (C=O) groups excluding carboxylic acids is 3. The maximum absolute atomic E-state index is 12.5. The van der Waals surface area contributed by atoms with Crippen LogP contribution in [0.25, 0.3) is 11.1 Å². The van der Waals surface area contributed by atoms with Crippen molar-refractivity contribution in [2.75, 3.05) is 0 Å². The summed E-state index contributed by atoms with van der Waals surface area (Å²) in [5.41, 5.74) is 8.61. The van der Waals surface area contributed by atoms with Crippen LogP contribution in [0, 0.1) is 5.92 Å². The van der Waals surface area contributed by atoms with Gasteiger partial charge in [0.2, 0.25) is 11.8 Å². The van der Waals surface area contributed by atoms with E-state index in [1.807, 2.05) is 29.6 Å². The van der Waals surface area contributed by atoms with Gasteiger partial charge in [-0.2, -0.15) is 11.3 Å². The molecule has 2 rings (SSSR count). The average Bonchev–Trinajstić information content (AvgIpc) is 3.34. The highest BCUT2D eigenvalue weighted by Crippen LogP contribution is 2.22. The smallest absolute Gasteiger partial charge is 0.303 e. The molecule has 0 radical (unpaired) electrons. The fraction of sp³-hybridized carbons (Fsp3) is 0.375. The minimum absolute atomic E-state index is 0.00215. The molecule has 0 bridgehead atoms. The summed E-state index contributed by atoms with van der Waals surface area (Å²) < 4.78 is 0. The number of benzene rings is 1. The molecule has 1 aromatic carbocycles. The number of thiophene rings is 1. The molecule has 0 unspecified atom stereocenters. The van der Waals surface area contributed by atoms with Crippen molar-refractivity contribution in [3.8, 4) is 11.1 Å². The first-order chi connectivity index (χ1) is 16.2. The lowest BCUT2D eigenvalue weighted by Crippen LogP contribution is -2.42. The van der Waals surface area contributed by atoms with E-state index in [0.29, 0.717) is 12.8 Å². The summed E-state index contributed by atoms with van der Waals surface area (Å²) in [5.74, 6) is -3.17. The van der Waals surface area contributed by atoms with Gasteiger partial charge in [0.25, 0.3) is 6.47 Å². The molecule has 5 N–H and O–H groups in total. The molecule has 1 heterocycles. The molecule has 34 heavy (non-hydrogen) atoms. The predicted molar refractivity (Wildman–Crippen MR) is 128 cm³/mol. The topological polar surface area (TPSA) is 164 Å². The molecule has 2 amide bonds. The van der Waals surface area contributed by atoms with Gasteiger partial charge in [0.1, 0.15) is 0 Å². The number of aliphatic carboxylic acids is 1. The third-order valence-electron chi connectivity index (χ3n) is 5.14. The molecule has 0 saturated carbocycles. The number of aryl methyl sites for hydroxylation is 1. The third kappa shape index (κ3) is 10.4. The van der Waals surface area contributed by atoms with Crippen molar-refractivity contribution in [3.63, 3.8) is 0 Å². The molecule has 0 fully saturated rings. The highest BCUT2D eigenvalue weighted by Gasteiger charge is 2.25. The predicted octanol–water partition coefficient (Wildman–Crippen LogP) is 2.87. The summed E-state index contributed by atoms with van der Waals surface area (Å²) in [5, 5.41) is 22.5. The highest BCUT2D eigenvalue weighted by atomic mass is 32.1. The van der Waals surface area contributed by atoms with E-state index in [1.165, 1.54) is 0 Å². The van der Waals surface area contributed by atoms with Crippen LogP contribution in [-0.4, -0.2) is 46.3 Å². The number of primary amides is 1. The van der Waals surface area contributed by atoms with Gasteiger partial charge in [-0.05, 0) is 52.8 Å². The van der Waals surface area contributed by atoms with Crippen LogP contribution in [0.3, 0.4) is 0 Å². The van der Waals surface area contributed by atoms with E-state index < -0.39 is 23.8 Å². The van der Waals surface area contributed by atoms with Crippen LogP contribution >= 0.6 is 11.3 Å². The first kappa shape index (κ1) is 28.5. The van der Waals surface area contributed by atoms with Crippen LogP contribution in [0.1, 0.15) is 44.6 Å². The van der Waals surface area contributed by atoms with Crippen molar-refractivity contribution >= 4 is 41.4 Å². The lowest BCUT2D eigenvalue weighted by atomic mass is 9.92. The Hall–Kier alpha value is -3.53. The number of Topliss-reactive ketones (excluding diaryl/α,β-unsaturated/α-hetero) is 1. The first-order valence-electron chi connectivity index (χ1n) is 10.7. The van der Waals surface area contributed by atoms with E-state index in [9.17, 15) is 19.2 Å². The molecule has 9 nitrogen and oxygen atoms in total. The molecule has 184 valence electrons. The molecule has 2 aromatic rings. The number of nitrogens with one attached hydrogen (secondary N) is 1. The van der Waals surface area contributed by atoms with Gasteiger partial charge < -0.3 is 21.3 Å². The number of hydrogen-bond acceptors (Lipinski definition) is 6. The van der Waals surface area contributed by atoms with Gasteiger partial charge in [-0.25, -0.2) is 0 Å². The fourth-order valence-electron chi connectivity index (χ4n) is 3.25. The van der Waals surface area contributed by atoms with Crippen LogP contribution in [0.4, 0.5) is 0 Å². The van der Waals surface area contributed by atoms with E-state index in [-0.39, 0.29) is 43.8 Å². The SMILES string of the molecule is CC[C@H](NC(=O)CCc1ccc(-c2ccsc2)cc1)C(=O)C[C@@H](CCC(=O)O)C(N)=O.O=CO. The van der Waals surface area contributed by atoms with Crippen molar-refractivity contribution in [1.29, 1.82) is 0 Å². The maximum atomic E-state index is 12.5. The van der Waals surface area contributed by atoms with Gasteiger partial charge in [-0.3, -0.25) is 24.0 Å². The number of hydrogen-bond donors (Lipinski definition) is 4. The van der Waals surface area contributed by atoms with Crippen molar-refractivity contribution in [2.24, 2.45) is 11.7 Å². The van der Waals surface area contributed by atoms with Gasteiger partial charge in [0, 0.05) is 25.2 Å². The molecule has 0 aliphatic carbocycles. The number of carboxylic acid groups (broad SMARTS) is 2. The largest absolute Gasteiger partial charge is 0.483 e. The zero-order valence-electron chi connectivity index (χ0n) is 18.9. The molecule has 0 saturated heterocycles. The maximum Gasteiger partial charge on any atom is 0.303 e. The average molecular weight is 491 g/mol. The molecule has 1 aromatic heterocycles. The Morgan fingerprint density at radius 3 is 2.24 bits per heavy atom. The molecule has 2 atom stereocenters. The molecule has 0 spiro atoms. The lowest BCUT2D eigenvalue weighted by Gasteiger charge is -2.19. The number of amides is 2. The van der Waals surface area contributed by atoms with E-state index >= 15 is 0 Å². The summed E-state index contributed by atoms with van der Waals surface area (Å²) >= 11 is 1.64. The van der Waals surface area contributed by atoms with Gasteiger partial charge in [-0.15, -0.1) is 0 Å². The number of nitrogens with two attached hydrogens (primary N) is 1. The molecule has 0 aliphatic rings. The Balaban J connectivity index is 0.00000182. The van der Waals surface area contributed by atoms with Crippen LogP contribution in [-0.2, 0) is 30.4 Å². The van der Waals surface area contributed by atoms with E-state index in [1.54, 1.807) is 18.3 Å². The quantitative estimate of drug-likeness (QED) is 0.314. The van der Waals surface area contributed by atoms with Gasteiger partial charge >= 0.3 is 5.97 Å². The second kappa shape index (κ2) is 15.3.